The Kier molecular flexibility index (Phi) is 5.90. The van der Waals surface area contributed by atoms with E-state index >= 15 is 0 Å². The van der Waals surface area contributed by atoms with E-state index in [1.54, 1.807) is 4.90 Å². The van der Waals surface area contributed by atoms with Gasteiger partial charge in [-0.3, -0.25) is 0 Å². The minimum absolute atomic E-state index is 0.0213. The van der Waals surface area contributed by atoms with Crippen LogP contribution in [-0.4, -0.2) is 41.8 Å². The van der Waals surface area contributed by atoms with Gasteiger partial charge in [-0.25, -0.2) is 4.79 Å². The zero-order chi connectivity index (χ0) is 17.5. The highest BCUT2D eigenvalue weighted by Crippen LogP contribution is 2.27. The molecule has 2 aromatic carbocycles. The standard InChI is InChI=1S/C20H24N2O3/c23-13-12-22(18-9-10-18)20(24)21-17-7-4-8-19(15-17)25-14-11-16-5-2-1-3-6-16/h1-8,15,18,23H,9-14H2,(H,21,24). The zero-order valence-corrected chi connectivity index (χ0v) is 14.2. The van der Waals surface area contributed by atoms with Crippen molar-refractivity contribution in [3.63, 3.8) is 0 Å². The summed E-state index contributed by atoms with van der Waals surface area (Å²) in [7, 11) is 0. The first kappa shape index (κ1) is 17.3. The summed E-state index contributed by atoms with van der Waals surface area (Å²) in [5.74, 6) is 0.730. The summed E-state index contributed by atoms with van der Waals surface area (Å²) in [6, 6.07) is 17.7. The van der Waals surface area contributed by atoms with Crippen LogP contribution in [0.25, 0.3) is 0 Å². The topological polar surface area (TPSA) is 61.8 Å². The lowest BCUT2D eigenvalue weighted by molar-refractivity contribution is 0.185. The number of hydrogen-bond donors (Lipinski definition) is 2. The van der Waals surface area contributed by atoms with Crippen molar-refractivity contribution in [2.75, 3.05) is 25.1 Å². The van der Waals surface area contributed by atoms with Gasteiger partial charge in [-0.2, -0.15) is 0 Å². The number of nitrogens with one attached hydrogen (secondary N) is 1. The van der Waals surface area contributed by atoms with Gasteiger partial charge in [-0.05, 0) is 30.5 Å². The fourth-order valence-corrected chi connectivity index (χ4v) is 2.73. The number of rotatable bonds is 8. The molecule has 0 bridgehead atoms. The monoisotopic (exact) mass is 340 g/mol. The third kappa shape index (κ3) is 5.22. The number of urea groups is 1. The van der Waals surface area contributed by atoms with Crippen LogP contribution in [0, 0.1) is 0 Å². The predicted molar refractivity (Wildman–Crippen MR) is 97.9 cm³/mol. The smallest absolute Gasteiger partial charge is 0.322 e. The Morgan fingerprint density at radius 1 is 1.16 bits per heavy atom. The van der Waals surface area contributed by atoms with Crippen LogP contribution in [0.3, 0.4) is 0 Å². The normalized spacial score (nSPS) is 13.3. The predicted octanol–water partition coefficient (Wildman–Crippen LogP) is 3.30. The van der Waals surface area contributed by atoms with Crippen molar-refractivity contribution in [2.24, 2.45) is 0 Å². The lowest BCUT2D eigenvalue weighted by atomic mass is 10.2. The van der Waals surface area contributed by atoms with Crippen LogP contribution in [0.1, 0.15) is 18.4 Å². The van der Waals surface area contributed by atoms with Crippen molar-refractivity contribution in [1.29, 1.82) is 0 Å². The Bertz CT molecular complexity index is 686. The van der Waals surface area contributed by atoms with Crippen LogP contribution in [0.2, 0.25) is 0 Å². The molecule has 5 nitrogen and oxygen atoms in total. The Labute approximate surface area is 148 Å². The van der Waals surface area contributed by atoms with Gasteiger partial charge < -0.3 is 20.1 Å². The number of hydrogen-bond acceptors (Lipinski definition) is 3. The molecule has 5 heteroatoms. The van der Waals surface area contributed by atoms with Crippen LogP contribution < -0.4 is 10.1 Å². The number of benzene rings is 2. The summed E-state index contributed by atoms with van der Waals surface area (Å²) in [4.78, 5) is 14.1. The molecule has 1 aliphatic carbocycles. The first-order valence-electron chi connectivity index (χ1n) is 8.71. The second kappa shape index (κ2) is 8.53. The SMILES string of the molecule is O=C(Nc1cccc(OCCc2ccccc2)c1)N(CCO)C1CC1. The van der Waals surface area contributed by atoms with E-state index < -0.39 is 0 Å². The number of carbonyl (C=O) groups excluding carboxylic acids is 1. The first-order valence-corrected chi connectivity index (χ1v) is 8.71. The molecule has 0 saturated heterocycles. The molecule has 132 valence electrons. The van der Waals surface area contributed by atoms with Crippen LogP contribution in [0.5, 0.6) is 5.75 Å². The summed E-state index contributed by atoms with van der Waals surface area (Å²) in [5.41, 5.74) is 1.93. The highest BCUT2D eigenvalue weighted by Gasteiger charge is 2.32. The van der Waals surface area contributed by atoms with E-state index in [1.165, 1.54) is 5.56 Å². The van der Waals surface area contributed by atoms with E-state index in [-0.39, 0.29) is 18.7 Å². The van der Waals surface area contributed by atoms with E-state index in [0.29, 0.717) is 18.8 Å². The van der Waals surface area contributed by atoms with Gasteiger partial charge >= 0.3 is 6.03 Å². The fourth-order valence-electron chi connectivity index (χ4n) is 2.73. The quantitative estimate of drug-likeness (QED) is 0.775. The molecular formula is C20H24N2O3. The average Bonchev–Trinajstić information content (AvgIpc) is 3.46. The number of aliphatic hydroxyl groups is 1. The van der Waals surface area contributed by atoms with Crippen LogP contribution in [0.4, 0.5) is 10.5 Å². The molecule has 0 spiro atoms. The molecule has 1 aliphatic rings. The maximum Gasteiger partial charge on any atom is 0.322 e. The number of anilines is 1. The molecule has 3 rings (SSSR count). The van der Waals surface area contributed by atoms with E-state index in [1.807, 2.05) is 42.5 Å². The lowest BCUT2D eigenvalue weighted by Gasteiger charge is -2.22. The second-order valence-electron chi connectivity index (χ2n) is 6.19. The second-order valence-corrected chi connectivity index (χ2v) is 6.19. The number of amides is 2. The maximum absolute atomic E-state index is 12.4. The van der Waals surface area contributed by atoms with Crippen LogP contribution in [0.15, 0.2) is 54.6 Å². The molecular weight excluding hydrogens is 316 g/mol. The number of aliphatic hydroxyl groups excluding tert-OH is 1. The van der Waals surface area contributed by atoms with E-state index in [9.17, 15) is 4.79 Å². The largest absolute Gasteiger partial charge is 0.493 e. The third-order valence-corrected chi connectivity index (χ3v) is 4.18. The molecule has 0 aliphatic heterocycles. The number of ether oxygens (including phenoxy) is 1. The Morgan fingerprint density at radius 2 is 1.96 bits per heavy atom. The van der Waals surface area contributed by atoms with Crippen molar-refractivity contribution in [3.8, 4) is 5.75 Å². The minimum atomic E-state index is -0.169. The molecule has 0 heterocycles. The molecule has 1 saturated carbocycles. The minimum Gasteiger partial charge on any atom is -0.493 e. The molecule has 0 unspecified atom stereocenters. The van der Waals surface area contributed by atoms with E-state index in [2.05, 4.69) is 17.4 Å². The molecule has 2 amide bonds. The zero-order valence-electron chi connectivity index (χ0n) is 14.2. The fraction of sp³-hybridized carbons (Fsp3) is 0.350. The van der Waals surface area contributed by atoms with Gasteiger partial charge in [0.1, 0.15) is 5.75 Å². The summed E-state index contributed by atoms with van der Waals surface area (Å²) >= 11 is 0. The highest BCUT2D eigenvalue weighted by molar-refractivity contribution is 5.90. The Hall–Kier alpha value is -2.53. The van der Waals surface area contributed by atoms with Crippen LogP contribution >= 0.6 is 0 Å². The van der Waals surface area contributed by atoms with Crippen molar-refractivity contribution >= 4 is 11.7 Å². The lowest BCUT2D eigenvalue weighted by Crippen LogP contribution is -2.38. The first-order chi connectivity index (χ1) is 12.3. The van der Waals surface area contributed by atoms with Gasteiger partial charge in [-0.15, -0.1) is 0 Å². The molecule has 25 heavy (non-hydrogen) atoms. The van der Waals surface area contributed by atoms with E-state index in [4.69, 9.17) is 9.84 Å². The third-order valence-electron chi connectivity index (χ3n) is 4.18. The maximum atomic E-state index is 12.4. The summed E-state index contributed by atoms with van der Waals surface area (Å²) < 4.78 is 5.80. The number of carbonyl (C=O) groups is 1. The molecule has 0 radical (unpaired) electrons. The molecule has 0 aromatic heterocycles. The Balaban J connectivity index is 1.53. The Morgan fingerprint density at radius 3 is 2.68 bits per heavy atom. The molecule has 2 N–H and O–H groups in total. The van der Waals surface area contributed by atoms with Crippen molar-refractivity contribution in [2.45, 2.75) is 25.3 Å². The van der Waals surface area contributed by atoms with Crippen molar-refractivity contribution < 1.29 is 14.6 Å². The highest BCUT2D eigenvalue weighted by atomic mass is 16.5. The summed E-state index contributed by atoms with van der Waals surface area (Å²) in [6.07, 6.45) is 2.86. The molecule has 0 atom stereocenters. The van der Waals surface area contributed by atoms with Gasteiger partial charge in [0.05, 0.1) is 13.2 Å². The van der Waals surface area contributed by atoms with E-state index in [0.717, 1.165) is 25.0 Å². The van der Waals surface area contributed by atoms with Crippen molar-refractivity contribution in [3.05, 3.63) is 60.2 Å². The van der Waals surface area contributed by atoms with Gasteiger partial charge in [0.2, 0.25) is 0 Å². The van der Waals surface area contributed by atoms with Crippen LogP contribution in [-0.2, 0) is 6.42 Å². The average molecular weight is 340 g/mol. The van der Waals surface area contributed by atoms with Gasteiger partial charge in [0.15, 0.2) is 0 Å². The number of nitrogens with zero attached hydrogens (tertiary/aromatic N) is 1. The van der Waals surface area contributed by atoms with Gasteiger partial charge in [0.25, 0.3) is 0 Å². The molecule has 2 aromatic rings. The summed E-state index contributed by atoms with van der Waals surface area (Å²) in [6.45, 7) is 0.927. The van der Waals surface area contributed by atoms with Gasteiger partial charge in [-0.1, -0.05) is 36.4 Å². The van der Waals surface area contributed by atoms with Gasteiger partial charge in [0, 0.05) is 30.8 Å². The molecule has 1 fully saturated rings. The summed E-state index contributed by atoms with van der Waals surface area (Å²) in [5, 5.41) is 12.0. The van der Waals surface area contributed by atoms with Crippen molar-refractivity contribution in [1.82, 2.24) is 4.90 Å².